The summed E-state index contributed by atoms with van der Waals surface area (Å²) in [7, 11) is 0. The van der Waals surface area contributed by atoms with Crippen molar-refractivity contribution in [3.63, 3.8) is 0 Å². The van der Waals surface area contributed by atoms with Gasteiger partial charge in [-0.1, -0.05) is 18.2 Å². The lowest BCUT2D eigenvalue weighted by atomic mass is 10.2. The summed E-state index contributed by atoms with van der Waals surface area (Å²) in [5.41, 5.74) is 1.92. The molecule has 92 valence electrons. The van der Waals surface area contributed by atoms with Crippen molar-refractivity contribution in [3.8, 4) is 0 Å². The minimum atomic E-state index is -1.01. The van der Waals surface area contributed by atoms with Crippen LogP contribution in [0.5, 0.6) is 0 Å². The molecule has 0 aliphatic carbocycles. The van der Waals surface area contributed by atoms with Crippen molar-refractivity contribution in [2.75, 3.05) is 11.4 Å². The van der Waals surface area contributed by atoms with Gasteiger partial charge in [0.15, 0.2) is 0 Å². The van der Waals surface area contributed by atoms with Crippen molar-refractivity contribution in [1.29, 1.82) is 0 Å². The maximum atomic E-state index is 10.9. The summed E-state index contributed by atoms with van der Waals surface area (Å²) in [5.74, 6) is -1.01. The molecule has 1 aromatic carbocycles. The third kappa shape index (κ3) is 2.48. The zero-order valence-corrected chi connectivity index (χ0v) is 10.1. The molecule has 0 fully saturated rings. The maximum Gasteiger partial charge on any atom is 0.354 e. The minimum Gasteiger partial charge on any atom is -0.477 e. The number of carboxylic acid groups (broad SMARTS) is 1. The Morgan fingerprint density at radius 3 is 2.56 bits per heavy atom. The Morgan fingerprint density at radius 2 is 1.94 bits per heavy atom. The van der Waals surface area contributed by atoms with Crippen molar-refractivity contribution >= 4 is 17.3 Å². The van der Waals surface area contributed by atoms with Gasteiger partial charge in [-0.2, -0.15) is 0 Å². The molecule has 0 amide bonds. The van der Waals surface area contributed by atoms with E-state index in [2.05, 4.69) is 4.98 Å². The topological polar surface area (TPSA) is 53.4 Å². The van der Waals surface area contributed by atoms with Crippen LogP contribution in [0, 0.1) is 0 Å². The molecule has 4 heteroatoms. The molecule has 1 N–H and O–H groups in total. The highest BCUT2D eigenvalue weighted by Crippen LogP contribution is 2.24. The molecule has 0 aliphatic rings. The molecule has 0 unspecified atom stereocenters. The Hall–Kier alpha value is -2.36. The van der Waals surface area contributed by atoms with Crippen LogP contribution in [0.4, 0.5) is 11.4 Å². The predicted octanol–water partition coefficient (Wildman–Crippen LogP) is 2.94. The molecule has 0 radical (unpaired) electrons. The zero-order chi connectivity index (χ0) is 13.0. The highest BCUT2D eigenvalue weighted by atomic mass is 16.4. The van der Waals surface area contributed by atoms with Crippen LogP contribution in [0.2, 0.25) is 0 Å². The molecule has 2 aromatic rings. The molecule has 0 saturated carbocycles. The van der Waals surface area contributed by atoms with E-state index in [1.807, 2.05) is 48.2 Å². The third-order valence-electron chi connectivity index (χ3n) is 2.66. The highest BCUT2D eigenvalue weighted by Gasteiger charge is 2.10. The summed E-state index contributed by atoms with van der Waals surface area (Å²) in [4.78, 5) is 16.8. The summed E-state index contributed by atoms with van der Waals surface area (Å²) in [5, 5.41) is 8.95. The van der Waals surface area contributed by atoms with Gasteiger partial charge in [-0.15, -0.1) is 0 Å². The van der Waals surface area contributed by atoms with E-state index in [1.165, 1.54) is 6.20 Å². The second-order valence-corrected chi connectivity index (χ2v) is 3.78. The van der Waals surface area contributed by atoms with Gasteiger partial charge in [0.25, 0.3) is 0 Å². The van der Waals surface area contributed by atoms with Gasteiger partial charge in [0, 0.05) is 24.1 Å². The lowest BCUT2D eigenvalue weighted by Crippen LogP contribution is -2.16. The number of aromatic nitrogens is 1. The standard InChI is InChI=1S/C14H14N2O2/c1-2-16(11-6-4-3-5-7-11)12-8-9-15-13(10-12)14(17)18/h3-10H,2H2,1H3,(H,17,18). The number of aromatic carboxylic acids is 1. The molecule has 0 saturated heterocycles. The van der Waals surface area contributed by atoms with Gasteiger partial charge in [0.2, 0.25) is 0 Å². The van der Waals surface area contributed by atoms with Crippen LogP contribution >= 0.6 is 0 Å². The average Bonchev–Trinajstić information content (AvgIpc) is 2.41. The Balaban J connectivity index is 2.39. The Morgan fingerprint density at radius 1 is 1.22 bits per heavy atom. The number of benzene rings is 1. The minimum absolute atomic E-state index is 0.0573. The molecule has 0 bridgehead atoms. The van der Waals surface area contributed by atoms with Crippen molar-refractivity contribution in [2.45, 2.75) is 6.92 Å². The van der Waals surface area contributed by atoms with E-state index in [4.69, 9.17) is 5.11 Å². The summed E-state index contributed by atoms with van der Waals surface area (Å²) < 4.78 is 0. The Kier molecular flexibility index (Phi) is 3.57. The first-order valence-corrected chi connectivity index (χ1v) is 5.74. The largest absolute Gasteiger partial charge is 0.477 e. The number of carbonyl (C=O) groups is 1. The number of nitrogens with zero attached hydrogens (tertiary/aromatic N) is 2. The van der Waals surface area contributed by atoms with Crippen molar-refractivity contribution < 1.29 is 9.90 Å². The molecule has 0 spiro atoms. The van der Waals surface area contributed by atoms with Crippen LogP contribution in [-0.2, 0) is 0 Å². The number of para-hydroxylation sites is 1. The van der Waals surface area contributed by atoms with Crippen LogP contribution in [-0.4, -0.2) is 22.6 Å². The molecular weight excluding hydrogens is 228 g/mol. The molecule has 0 aliphatic heterocycles. The van der Waals surface area contributed by atoms with Gasteiger partial charge in [-0.3, -0.25) is 0 Å². The lowest BCUT2D eigenvalue weighted by Gasteiger charge is -2.23. The second kappa shape index (κ2) is 5.31. The molecule has 2 rings (SSSR count). The molecule has 18 heavy (non-hydrogen) atoms. The first kappa shape index (κ1) is 12.1. The SMILES string of the molecule is CCN(c1ccccc1)c1ccnc(C(=O)O)c1. The fraction of sp³-hybridized carbons (Fsp3) is 0.143. The van der Waals surface area contributed by atoms with Gasteiger partial charge in [0.1, 0.15) is 5.69 Å². The number of hydrogen-bond donors (Lipinski definition) is 1. The number of carboxylic acids is 1. The van der Waals surface area contributed by atoms with Crippen LogP contribution < -0.4 is 4.90 Å². The van der Waals surface area contributed by atoms with Crippen molar-refractivity contribution in [3.05, 3.63) is 54.4 Å². The highest BCUT2D eigenvalue weighted by molar-refractivity contribution is 5.86. The first-order chi connectivity index (χ1) is 8.72. The number of pyridine rings is 1. The predicted molar refractivity (Wildman–Crippen MR) is 70.3 cm³/mol. The van der Waals surface area contributed by atoms with Crippen molar-refractivity contribution in [1.82, 2.24) is 4.98 Å². The molecule has 1 heterocycles. The normalized spacial score (nSPS) is 10.1. The molecule has 4 nitrogen and oxygen atoms in total. The Labute approximate surface area is 106 Å². The lowest BCUT2D eigenvalue weighted by molar-refractivity contribution is 0.0690. The van der Waals surface area contributed by atoms with Crippen molar-refractivity contribution in [2.24, 2.45) is 0 Å². The van der Waals surface area contributed by atoms with E-state index < -0.39 is 5.97 Å². The van der Waals surface area contributed by atoms with E-state index >= 15 is 0 Å². The average molecular weight is 242 g/mol. The fourth-order valence-electron chi connectivity index (χ4n) is 1.83. The smallest absolute Gasteiger partial charge is 0.354 e. The molecule has 1 aromatic heterocycles. The van der Waals surface area contributed by atoms with E-state index in [0.29, 0.717) is 0 Å². The van der Waals surface area contributed by atoms with E-state index in [9.17, 15) is 4.79 Å². The zero-order valence-electron chi connectivity index (χ0n) is 10.1. The van der Waals surface area contributed by atoms with Crippen LogP contribution in [0.25, 0.3) is 0 Å². The summed E-state index contributed by atoms with van der Waals surface area (Å²) >= 11 is 0. The number of rotatable bonds is 4. The van der Waals surface area contributed by atoms with Gasteiger partial charge in [-0.05, 0) is 31.2 Å². The second-order valence-electron chi connectivity index (χ2n) is 3.78. The van der Waals surface area contributed by atoms with Gasteiger partial charge in [0.05, 0.1) is 0 Å². The quantitative estimate of drug-likeness (QED) is 0.895. The number of anilines is 2. The monoisotopic (exact) mass is 242 g/mol. The third-order valence-corrected chi connectivity index (χ3v) is 2.66. The van der Waals surface area contributed by atoms with E-state index in [0.717, 1.165) is 17.9 Å². The molecule has 0 atom stereocenters. The molecular formula is C14H14N2O2. The van der Waals surface area contributed by atoms with Gasteiger partial charge < -0.3 is 10.0 Å². The maximum absolute atomic E-state index is 10.9. The van der Waals surface area contributed by atoms with E-state index in [-0.39, 0.29) is 5.69 Å². The van der Waals surface area contributed by atoms with Gasteiger partial charge >= 0.3 is 5.97 Å². The number of hydrogen-bond acceptors (Lipinski definition) is 3. The summed E-state index contributed by atoms with van der Waals surface area (Å²) in [6, 6.07) is 13.2. The van der Waals surface area contributed by atoms with E-state index in [1.54, 1.807) is 6.07 Å². The van der Waals surface area contributed by atoms with Crippen LogP contribution in [0.1, 0.15) is 17.4 Å². The Bertz CT molecular complexity index is 541. The van der Waals surface area contributed by atoms with Crippen LogP contribution in [0.15, 0.2) is 48.7 Å². The summed E-state index contributed by atoms with van der Waals surface area (Å²) in [6.07, 6.45) is 1.52. The van der Waals surface area contributed by atoms with Gasteiger partial charge in [-0.25, -0.2) is 9.78 Å². The van der Waals surface area contributed by atoms with Crippen LogP contribution in [0.3, 0.4) is 0 Å². The summed E-state index contributed by atoms with van der Waals surface area (Å²) in [6.45, 7) is 2.78. The first-order valence-electron chi connectivity index (χ1n) is 5.74. The fourth-order valence-corrected chi connectivity index (χ4v) is 1.83.